The van der Waals surface area contributed by atoms with Gasteiger partial charge < -0.3 is 15.1 Å². The third-order valence-corrected chi connectivity index (χ3v) is 9.47. The number of thiophene rings is 1. The first-order valence-corrected chi connectivity index (χ1v) is 14.3. The Bertz CT molecular complexity index is 1230. The molecule has 3 aliphatic rings. The standard InChI is InChI=1S/C28H35N5S2/c1-28(2,3)19-11-12-21-22(17-19)35-26-23(21)25(30-24(31-26)18-9-10-18)32-13-15-33(16-14-32)27(34)29-20-7-5-4-6-8-20/h4-8,18-19H,9-17H2,1-3H3,(H,29,34). The lowest BCUT2D eigenvalue weighted by molar-refractivity contribution is 0.218. The highest BCUT2D eigenvalue weighted by Crippen LogP contribution is 2.47. The number of aromatic nitrogens is 2. The van der Waals surface area contributed by atoms with Crippen molar-refractivity contribution in [1.82, 2.24) is 14.9 Å². The number of hydrogen-bond acceptors (Lipinski definition) is 5. The summed E-state index contributed by atoms with van der Waals surface area (Å²) >= 11 is 7.68. The molecule has 1 N–H and O–H groups in total. The number of aryl methyl sites for hydroxylation is 1. The van der Waals surface area contributed by atoms with E-state index in [0.29, 0.717) is 11.3 Å². The van der Waals surface area contributed by atoms with E-state index in [4.69, 9.17) is 22.2 Å². The molecule has 0 spiro atoms. The molecule has 6 rings (SSSR count). The van der Waals surface area contributed by atoms with Gasteiger partial charge in [-0.25, -0.2) is 9.97 Å². The lowest BCUT2D eigenvalue weighted by Crippen LogP contribution is -2.50. The van der Waals surface area contributed by atoms with Gasteiger partial charge >= 0.3 is 0 Å². The second-order valence-electron chi connectivity index (χ2n) is 11.4. The molecule has 3 heterocycles. The van der Waals surface area contributed by atoms with Gasteiger partial charge in [-0.05, 0) is 73.4 Å². The molecule has 1 atom stereocenters. The van der Waals surface area contributed by atoms with E-state index in [1.54, 1.807) is 4.88 Å². The Hall–Kier alpha value is -2.25. The first-order chi connectivity index (χ1) is 16.9. The molecule has 5 nitrogen and oxygen atoms in total. The van der Waals surface area contributed by atoms with Gasteiger partial charge in [-0.2, -0.15) is 0 Å². The monoisotopic (exact) mass is 505 g/mol. The number of piperazine rings is 1. The second kappa shape index (κ2) is 9.00. The van der Waals surface area contributed by atoms with E-state index in [0.717, 1.165) is 55.1 Å². The Morgan fingerprint density at radius 2 is 1.77 bits per heavy atom. The molecule has 2 fully saturated rings. The van der Waals surface area contributed by atoms with Gasteiger partial charge in [-0.1, -0.05) is 39.0 Å². The van der Waals surface area contributed by atoms with Gasteiger partial charge in [-0.3, -0.25) is 0 Å². The summed E-state index contributed by atoms with van der Waals surface area (Å²) in [5.41, 5.74) is 2.93. The first kappa shape index (κ1) is 23.2. The smallest absolute Gasteiger partial charge is 0.173 e. The number of nitrogens with zero attached hydrogens (tertiary/aromatic N) is 4. The number of para-hydroxylation sites is 1. The molecular weight excluding hydrogens is 470 g/mol. The topological polar surface area (TPSA) is 44.3 Å². The van der Waals surface area contributed by atoms with Crippen LogP contribution in [0.25, 0.3) is 10.2 Å². The number of hydrogen-bond donors (Lipinski definition) is 1. The molecule has 0 amide bonds. The minimum absolute atomic E-state index is 0.351. The lowest BCUT2D eigenvalue weighted by atomic mass is 9.72. The van der Waals surface area contributed by atoms with Crippen molar-refractivity contribution in [3.05, 3.63) is 46.6 Å². The molecule has 7 heteroatoms. The number of nitrogens with one attached hydrogen (secondary N) is 1. The van der Waals surface area contributed by atoms with Crippen LogP contribution >= 0.6 is 23.6 Å². The molecular formula is C28H35N5S2. The van der Waals surface area contributed by atoms with E-state index in [1.807, 2.05) is 29.5 Å². The maximum absolute atomic E-state index is 5.73. The Balaban J connectivity index is 1.26. The molecule has 184 valence electrons. The van der Waals surface area contributed by atoms with Gasteiger partial charge in [0.05, 0.1) is 5.39 Å². The normalized spacial score (nSPS) is 20.7. The van der Waals surface area contributed by atoms with Crippen LogP contribution < -0.4 is 10.2 Å². The van der Waals surface area contributed by atoms with Crippen LogP contribution in [0.3, 0.4) is 0 Å². The molecule has 2 aromatic heterocycles. The zero-order chi connectivity index (χ0) is 24.2. The van der Waals surface area contributed by atoms with Crippen molar-refractivity contribution in [3.8, 4) is 0 Å². The van der Waals surface area contributed by atoms with E-state index < -0.39 is 0 Å². The highest BCUT2D eigenvalue weighted by atomic mass is 32.1. The second-order valence-corrected chi connectivity index (χ2v) is 12.9. The molecule has 1 aliphatic heterocycles. The number of benzene rings is 1. The Morgan fingerprint density at radius 1 is 1.03 bits per heavy atom. The van der Waals surface area contributed by atoms with Crippen molar-refractivity contribution in [2.24, 2.45) is 11.3 Å². The average molecular weight is 506 g/mol. The zero-order valence-electron chi connectivity index (χ0n) is 21.0. The zero-order valence-corrected chi connectivity index (χ0v) is 22.6. The average Bonchev–Trinajstić information content (AvgIpc) is 3.64. The van der Waals surface area contributed by atoms with Crippen molar-refractivity contribution in [2.45, 2.75) is 58.8 Å². The highest BCUT2D eigenvalue weighted by molar-refractivity contribution is 7.80. The van der Waals surface area contributed by atoms with Gasteiger partial charge in [0.25, 0.3) is 0 Å². The third kappa shape index (κ3) is 4.65. The van der Waals surface area contributed by atoms with Crippen LogP contribution in [0.5, 0.6) is 0 Å². The molecule has 3 aromatic rings. The van der Waals surface area contributed by atoms with Crippen molar-refractivity contribution in [2.75, 3.05) is 36.4 Å². The van der Waals surface area contributed by atoms with Crippen molar-refractivity contribution in [1.29, 1.82) is 0 Å². The van der Waals surface area contributed by atoms with E-state index in [-0.39, 0.29) is 0 Å². The SMILES string of the molecule is CC(C)(C)C1CCc2c(sc3nc(C4CC4)nc(N4CCN(C(=S)Nc5ccccc5)CC4)c23)C1. The van der Waals surface area contributed by atoms with Gasteiger partial charge in [-0.15, -0.1) is 11.3 Å². The summed E-state index contributed by atoms with van der Waals surface area (Å²) in [6.45, 7) is 10.8. The van der Waals surface area contributed by atoms with Gasteiger partial charge in [0.15, 0.2) is 5.11 Å². The minimum atomic E-state index is 0.351. The van der Waals surface area contributed by atoms with Gasteiger partial charge in [0, 0.05) is 42.7 Å². The van der Waals surface area contributed by atoms with Gasteiger partial charge in [0.1, 0.15) is 16.5 Å². The number of anilines is 2. The van der Waals surface area contributed by atoms with Crippen LogP contribution in [0.1, 0.15) is 62.2 Å². The summed E-state index contributed by atoms with van der Waals surface area (Å²) in [5, 5.41) is 5.55. The van der Waals surface area contributed by atoms with Crippen LogP contribution in [0.2, 0.25) is 0 Å². The third-order valence-electron chi connectivity index (χ3n) is 7.97. The van der Waals surface area contributed by atoms with E-state index in [2.05, 4.69) is 48.0 Å². The fraction of sp³-hybridized carbons (Fsp3) is 0.536. The summed E-state index contributed by atoms with van der Waals surface area (Å²) in [7, 11) is 0. The van der Waals surface area contributed by atoms with Crippen molar-refractivity contribution in [3.63, 3.8) is 0 Å². The molecule has 1 aromatic carbocycles. The van der Waals surface area contributed by atoms with E-state index in [9.17, 15) is 0 Å². The number of thiocarbonyl (C=S) groups is 1. The predicted octanol–water partition coefficient (Wildman–Crippen LogP) is 6.24. The van der Waals surface area contributed by atoms with Crippen LogP contribution in [0.4, 0.5) is 11.5 Å². The first-order valence-electron chi connectivity index (χ1n) is 13.0. The Kier molecular flexibility index (Phi) is 5.96. The van der Waals surface area contributed by atoms with Crippen LogP contribution in [-0.4, -0.2) is 46.2 Å². The van der Waals surface area contributed by atoms with Crippen molar-refractivity contribution < 1.29 is 0 Å². The van der Waals surface area contributed by atoms with Crippen molar-refractivity contribution >= 4 is 50.4 Å². The summed E-state index contributed by atoms with van der Waals surface area (Å²) in [6, 6.07) is 10.2. The van der Waals surface area contributed by atoms with Crippen LogP contribution in [-0.2, 0) is 12.8 Å². The maximum Gasteiger partial charge on any atom is 0.173 e. The molecule has 1 saturated heterocycles. The molecule has 1 saturated carbocycles. The number of rotatable bonds is 3. The molecule has 0 bridgehead atoms. The summed E-state index contributed by atoms with van der Waals surface area (Å²) in [5.74, 6) is 3.56. The molecule has 2 aliphatic carbocycles. The predicted molar refractivity (Wildman–Crippen MR) is 151 cm³/mol. The van der Waals surface area contributed by atoms with E-state index in [1.165, 1.54) is 47.3 Å². The molecule has 1 unspecified atom stereocenters. The minimum Gasteiger partial charge on any atom is -0.352 e. The largest absolute Gasteiger partial charge is 0.352 e. The van der Waals surface area contributed by atoms with Crippen LogP contribution in [0.15, 0.2) is 30.3 Å². The van der Waals surface area contributed by atoms with E-state index >= 15 is 0 Å². The Labute approximate surface area is 217 Å². The quantitative estimate of drug-likeness (QED) is 0.425. The summed E-state index contributed by atoms with van der Waals surface area (Å²) in [4.78, 5) is 17.9. The molecule has 0 radical (unpaired) electrons. The number of fused-ring (bicyclic) bond motifs is 3. The maximum atomic E-state index is 5.73. The highest BCUT2D eigenvalue weighted by Gasteiger charge is 2.35. The fourth-order valence-corrected chi connectivity index (χ4v) is 7.11. The summed E-state index contributed by atoms with van der Waals surface area (Å²) < 4.78 is 0. The molecule has 35 heavy (non-hydrogen) atoms. The van der Waals surface area contributed by atoms with Gasteiger partial charge in [0.2, 0.25) is 0 Å². The Morgan fingerprint density at radius 3 is 2.46 bits per heavy atom. The summed E-state index contributed by atoms with van der Waals surface area (Å²) in [6.07, 6.45) is 6.07. The fourth-order valence-electron chi connectivity index (χ4n) is 5.51. The lowest BCUT2D eigenvalue weighted by Gasteiger charge is -2.37. The van der Waals surface area contributed by atoms with Crippen LogP contribution in [0, 0.1) is 11.3 Å².